The third kappa shape index (κ3) is 24.6. The number of aryl methyl sites for hydroxylation is 2. The van der Waals surface area contributed by atoms with Crippen LogP contribution in [0.4, 0.5) is 0 Å². The molecule has 0 amide bonds. The maximum absolute atomic E-state index is 6.34. The van der Waals surface area contributed by atoms with Gasteiger partial charge in [0.25, 0.3) is 0 Å². The van der Waals surface area contributed by atoms with Crippen molar-refractivity contribution >= 4 is 0 Å². The Morgan fingerprint density at radius 2 is 0.593 bits per heavy atom. The summed E-state index contributed by atoms with van der Waals surface area (Å²) in [6.45, 7) is 6.57. The molecule has 2 heterocycles. The van der Waals surface area contributed by atoms with Gasteiger partial charge in [-0.2, -0.15) is 9.13 Å². The number of ether oxygens (including phenoxy) is 2. The molecular weight excluding hydrogens is 796 g/mol. The monoisotopic (exact) mass is 872 g/mol. The summed E-state index contributed by atoms with van der Waals surface area (Å²) in [5, 5.41) is 0. The zero-order valence-electron chi connectivity index (χ0n) is 34.6. The fraction of sp³-hybridized carbons (Fsp3) is 0.667. The zero-order valence-corrected chi connectivity index (χ0v) is 37.8. The van der Waals surface area contributed by atoms with E-state index in [-0.39, 0.29) is 34.0 Å². The number of unbranched alkanes of at least 4 members (excludes halogenated alkanes) is 26. The van der Waals surface area contributed by atoms with E-state index in [0.29, 0.717) is 0 Å². The number of rotatable bonds is 34. The molecule has 0 N–H and O–H groups in total. The van der Waals surface area contributed by atoms with Crippen molar-refractivity contribution in [3.05, 3.63) is 73.1 Å². The first-order valence-electron chi connectivity index (χ1n) is 22.2. The number of aromatic nitrogens is 2. The average Bonchev–Trinajstić information content (AvgIpc) is 3.17. The van der Waals surface area contributed by atoms with Crippen LogP contribution in [0, 0.1) is 0 Å². The van der Waals surface area contributed by atoms with E-state index in [4.69, 9.17) is 9.47 Å². The molecule has 6 heteroatoms. The zero-order chi connectivity index (χ0) is 36.6. The second kappa shape index (κ2) is 35.5. The van der Waals surface area contributed by atoms with E-state index >= 15 is 0 Å². The summed E-state index contributed by atoms with van der Waals surface area (Å²) in [5.74, 6) is 3.44. The molecule has 1 aromatic carbocycles. The Balaban J connectivity index is 0.00000729. The lowest BCUT2D eigenvalue weighted by molar-refractivity contribution is -0.701. The molecule has 0 atom stereocenters. The number of pyridine rings is 2. The number of halogens is 2. The first kappa shape index (κ1) is 50.1. The lowest BCUT2D eigenvalue weighted by Gasteiger charge is -2.08. The second-order valence-electron chi connectivity index (χ2n) is 15.3. The molecule has 0 fully saturated rings. The smallest absolute Gasteiger partial charge is 0.373 e. The summed E-state index contributed by atoms with van der Waals surface area (Å²) in [7, 11) is 0. The van der Waals surface area contributed by atoms with E-state index in [1.54, 1.807) is 0 Å². The molecule has 3 rings (SSSR count). The van der Waals surface area contributed by atoms with Crippen LogP contribution in [0.3, 0.4) is 0 Å². The summed E-state index contributed by atoms with van der Waals surface area (Å²) in [6, 6.07) is 20.5. The summed E-state index contributed by atoms with van der Waals surface area (Å²) in [4.78, 5) is 0. The van der Waals surface area contributed by atoms with Gasteiger partial charge < -0.3 is 43.4 Å². The van der Waals surface area contributed by atoms with Crippen LogP contribution in [0.15, 0.2) is 73.1 Å². The Morgan fingerprint density at radius 1 is 0.333 bits per heavy atom. The molecule has 0 radical (unpaired) electrons. The van der Waals surface area contributed by atoms with Crippen molar-refractivity contribution in [3.63, 3.8) is 0 Å². The Labute approximate surface area is 353 Å². The van der Waals surface area contributed by atoms with Crippen LogP contribution in [0.1, 0.15) is 194 Å². The van der Waals surface area contributed by atoms with Crippen molar-refractivity contribution in [2.24, 2.45) is 0 Å². The van der Waals surface area contributed by atoms with Crippen molar-refractivity contribution in [2.75, 3.05) is 0 Å². The van der Waals surface area contributed by atoms with Crippen LogP contribution < -0.4 is 52.6 Å². The van der Waals surface area contributed by atoms with Gasteiger partial charge in [-0.1, -0.05) is 168 Å². The van der Waals surface area contributed by atoms with Gasteiger partial charge in [0.2, 0.25) is 0 Å². The Morgan fingerprint density at radius 3 is 0.870 bits per heavy atom. The van der Waals surface area contributed by atoms with Crippen molar-refractivity contribution in [1.29, 1.82) is 0 Å². The molecule has 0 aliphatic carbocycles. The normalized spacial score (nSPS) is 10.9. The van der Waals surface area contributed by atoms with Crippen LogP contribution in [0.5, 0.6) is 23.3 Å². The van der Waals surface area contributed by atoms with Gasteiger partial charge in [-0.25, -0.2) is 0 Å². The molecule has 306 valence electrons. The summed E-state index contributed by atoms with van der Waals surface area (Å²) in [5.41, 5.74) is 0. The Kier molecular flexibility index (Phi) is 32.9. The number of nitrogens with zero attached hydrogens (tertiary/aromatic N) is 2. The molecule has 0 aliphatic heterocycles. The molecule has 4 nitrogen and oxygen atoms in total. The van der Waals surface area contributed by atoms with Gasteiger partial charge in [-0.3, -0.25) is 0 Å². The van der Waals surface area contributed by atoms with Crippen LogP contribution in [0.2, 0.25) is 0 Å². The molecule has 0 saturated carbocycles. The van der Waals surface area contributed by atoms with E-state index < -0.39 is 0 Å². The molecule has 0 aliphatic rings. The molecule has 0 spiro atoms. The topological polar surface area (TPSA) is 26.2 Å². The molecule has 54 heavy (non-hydrogen) atoms. The van der Waals surface area contributed by atoms with E-state index in [9.17, 15) is 0 Å². The minimum Gasteiger partial charge on any atom is -1.00 e. The van der Waals surface area contributed by atoms with Gasteiger partial charge >= 0.3 is 11.8 Å². The van der Waals surface area contributed by atoms with E-state index in [1.807, 2.05) is 24.3 Å². The quantitative estimate of drug-likeness (QED) is 0.0444. The number of hydrogen-bond acceptors (Lipinski definition) is 2. The maximum Gasteiger partial charge on any atom is 0.373 e. The van der Waals surface area contributed by atoms with Gasteiger partial charge in [0.1, 0.15) is 11.5 Å². The van der Waals surface area contributed by atoms with E-state index in [1.165, 1.54) is 180 Å². The van der Waals surface area contributed by atoms with E-state index in [0.717, 1.165) is 36.3 Å². The lowest BCUT2D eigenvalue weighted by atomic mass is 10.0. The molecular formula is C48H78Br2N2O2. The minimum atomic E-state index is 0. The van der Waals surface area contributed by atoms with Crippen LogP contribution >= 0.6 is 0 Å². The van der Waals surface area contributed by atoms with Crippen LogP contribution in [0.25, 0.3) is 0 Å². The van der Waals surface area contributed by atoms with Gasteiger partial charge in [-0.15, -0.1) is 0 Å². The van der Waals surface area contributed by atoms with Crippen LogP contribution in [-0.2, 0) is 13.1 Å². The molecule has 3 aromatic rings. The SMILES string of the molecule is CCCCCCCCCCCCCCCC[n+]1ccccc1Oc1ccc(Oc2cccc[n+]2CCCCCCCCCCCCCCCC)cc1.[Br-].[Br-]. The first-order valence-corrected chi connectivity index (χ1v) is 22.2. The van der Waals surface area contributed by atoms with Crippen LogP contribution in [-0.4, -0.2) is 0 Å². The lowest BCUT2D eigenvalue weighted by Crippen LogP contribution is -3.00. The summed E-state index contributed by atoms with van der Waals surface area (Å²) < 4.78 is 17.2. The summed E-state index contributed by atoms with van der Waals surface area (Å²) >= 11 is 0. The Hall–Kier alpha value is -1.92. The Bertz CT molecular complexity index is 1160. The molecule has 0 unspecified atom stereocenters. The first-order chi connectivity index (χ1) is 25.8. The predicted octanol–water partition coefficient (Wildman–Crippen LogP) is 8.82. The van der Waals surface area contributed by atoms with Gasteiger partial charge in [0, 0.05) is 25.0 Å². The van der Waals surface area contributed by atoms with Gasteiger partial charge in [0.15, 0.2) is 25.5 Å². The number of hydrogen-bond donors (Lipinski definition) is 0. The van der Waals surface area contributed by atoms with Crippen molar-refractivity contribution in [3.8, 4) is 23.3 Å². The minimum absolute atomic E-state index is 0. The maximum atomic E-state index is 6.34. The molecule has 0 bridgehead atoms. The fourth-order valence-electron chi connectivity index (χ4n) is 7.25. The highest BCUT2D eigenvalue weighted by atomic mass is 79.9. The van der Waals surface area contributed by atoms with Gasteiger partial charge in [-0.05, 0) is 49.2 Å². The third-order valence-corrected chi connectivity index (χ3v) is 10.6. The van der Waals surface area contributed by atoms with Crippen molar-refractivity contribution in [2.45, 2.75) is 207 Å². The highest BCUT2D eigenvalue weighted by Gasteiger charge is 2.14. The predicted molar refractivity (Wildman–Crippen MR) is 220 cm³/mol. The standard InChI is InChI=1S/C48H78N2O2.2BrH/c1-3-5-7-9-11-13-15-17-19-21-23-25-27-31-41-49-43-33-29-35-47(49)51-45-37-39-46(40-38-45)52-48-36-30-34-44-50(48)42-32-28-26-24-22-20-18-16-14-12-10-8-6-4-2;;/h29-30,33-40,43-44H,3-28,31-32,41-42H2,1-2H3;2*1H/q+2;;/p-2. The second-order valence-corrected chi connectivity index (χ2v) is 15.3. The number of benzene rings is 1. The third-order valence-electron chi connectivity index (χ3n) is 10.6. The van der Waals surface area contributed by atoms with E-state index in [2.05, 4.69) is 71.8 Å². The van der Waals surface area contributed by atoms with Crippen molar-refractivity contribution < 1.29 is 52.6 Å². The van der Waals surface area contributed by atoms with Crippen molar-refractivity contribution in [1.82, 2.24) is 0 Å². The largest absolute Gasteiger partial charge is 1.00 e. The molecule has 2 aromatic heterocycles. The molecule has 0 saturated heterocycles. The summed E-state index contributed by atoms with van der Waals surface area (Å²) in [6.07, 6.45) is 43.0. The van der Waals surface area contributed by atoms with Gasteiger partial charge in [0.05, 0.1) is 12.1 Å². The average molecular weight is 875 g/mol. The highest BCUT2D eigenvalue weighted by Crippen LogP contribution is 2.25. The highest BCUT2D eigenvalue weighted by molar-refractivity contribution is 5.34. The fourth-order valence-corrected chi connectivity index (χ4v) is 7.25.